The van der Waals surface area contributed by atoms with Gasteiger partial charge in [-0.05, 0) is 64.9 Å². The molecule has 28 heavy (non-hydrogen) atoms. The van der Waals surface area contributed by atoms with Crippen molar-refractivity contribution in [3.63, 3.8) is 0 Å². The number of hydrogen-bond donors (Lipinski definition) is 0. The van der Waals surface area contributed by atoms with Crippen molar-refractivity contribution >= 4 is 63.7 Å². The summed E-state index contributed by atoms with van der Waals surface area (Å²) in [5.41, 5.74) is 8.30. The first-order valence-corrected chi connectivity index (χ1v) is 11.1. The average Bonchev–Trinajstić information content (AvgIpc) is 2.75. The van der Waals surface area contributed by atoms with Gasteiger partial charge < -0.3 is 4.90 Å². The number of rotatable bonds is 1. The van der Waals surface area contributed by atoms with E-state index in [4.69, 9.17) is 0 Å². The molecular formula is C24H14BNS2. The second-order valence-corrected chi connectivity index (χ2v) is 9.52. The van der Waals surface area contributed by atoms with Gasteiger partial charge in [0.05, 0.1) is 0 Å². The zero-order valence-corrected chi connectivity index (χ0v) is 16.6. The lowest BCUT2D eigenvalue weighted by Gasteiger charge is -2.43. The van der Waals surface area contributed by atoms with Gasteiger partial charge in [0.25, 0.3) is 6.71 Å². The highest BCUT2D eigenvalue weighted by Crippen LogP contribution is 2.46. The fraction of sp³-hybridized carbons (Fsp3) is 0. The zero-order valence-electron chi connectivity index (χ0n) is 14.9. The quantitative estimate of drug-likeness (QED) is 0.366. The minimum atomic E-state index is 0.339. The summed E-state index contributed by atoms with van der Waals surface area (Å²) >= 11 is 3.85. The molecule has 0 spiro atoms. The van der Waals surface area contributed by atoms with Gasteiger partial charge in [-0.3, -0.25) is 0 Å². The normalized spacial score (nSPS) is 14.7. The molecule has 0 N–H and O–H groups in total. The standard InChI is InChI=1S/C24H14BNS2/c1-2-7-15(8-3-1)26-16-9-4-11-18-22(16)25-23-17(26)10-5-12-19(23)28-21-14-6-13-20(27-18)24(21)25/h1-14H. The maximum absolute atomic E-state index is 2.45. The highest BCUT2D eigenvalue weighted by Gasteiger charge is 2.45. The molecule has 0 aliphatic carbocycles. The lowest BCUT2D eigenvalue weighted by Crippen LogP contribution is -2.62. The summed E-state index contributed by atoms with van der Waals surface area (Å²) in [6.45, 7) is 0.339. The van der Waals surface area contributed by atoms with E-state index in [2.05, 4.69) is 89.8 Å². The number of benzene rings is 4. The van der Waals surface area contributed by atoms with E-state index in [0.29, 0.717) is 6.71 Å². The fourth-order valence-corrected chi connectivity index (χ4v) is 7.32. The van der Waals surface area contributed by atoms with Crippen molar-refractivity contribution < 1.29 is 0 Å². The minimum absolute atomic E-state index is 0.339. The van der Waals surface area contributed by atoms with Crippen LogP contribution in [0.4, 0.5) is 17.1 Å². The van der Waals surface area contributed by atoms with Crippen molar-refractivity contribution in [1.29, 1.82) is 0 Å². The van der Waals surface area contributed by atoms with Gasteiger partial charge >= 0.3 is 0 Å². The molecule has 0 amide bonds. The van der Waals surface area contributed by atoms with Crippen molar-refractivity contribution in [3.8, 4) is 0 Å². The molecule has 4 heteroatoms. The van der Waals surface area contributed by atoms with Crippen LogP contribution in [-0.4, -0.2) is 6.71 Å². The van der Waals surface area contributed by atoms with E-state index in [-0.39, 0.29) is 0 Å². The highest BCUT2D eigenvalue weighted by atomic mass is 32.2. The number of anilines is 3. The van der Waals surface area contributed by atoms with E-state index < -0.39 is 0 Å². The largest absolute Gasteiger partial charge is 0.311 e. The minimum Gasteiger partial charge on any atom is -0.311 e. The number of nitrogens with zero attached hydrogens (tertiary/aromatic N) is 1. The third-order valence-corrected chi connectivity index (χ3v) is 8.22. The Kier molecular flexibility index (Phi) is 3.02. The van der Waals surface area contributed by atoms with E-state index in [1.165, 1.54) is 53.0 Å². The summed E-state index contributed by atoms with van der Waals surface area (Å²) in [5, 5.41) is 0. The van der Waals surface area contributed by atoms with Gasteiger partial charge in [0.1, 0.15) is 0 Å². The van der Waals surface area contributed by atoms with Gasteiger partial charge in [-0.2, -0.15) is 0 Å². The van der Waals surface area contributed by atoms with Crippen LogP contribution in [0, 0.1) is 0 Å². The van der Waals surface area contributed by atoms with Crippen LogP contribution in [0.15, 0.2) is 105 Å². The molecule has 0 saturated heterocycles. The summed E-state index contributed by atoms with van der Waals surface area (Å²) in [7, 11) is 0. The van der Waals surface area contributed by atoms with Crippen LogP contribution in [-0.2, 0) is 0 Å². The molecular weight excluding hydrogens is 377 g/mol. The van der Waals surface area contributed by atoms with Crippen LogP contribution in [0.3, 0.4) is 0 Å². The second kappa shape index (κ2) is 5.50. The first-order valence-electron chi connectivity index (χ1n) is 9.50. The van der Waals surface area contributed by atoms with Crippen molar-refractivity contribution in [3.05, 3.63) is 84.9 Å². The predicted octanol–water partition coefficient (Wildman–Crippen LogP) is 4.92. The van der Waals surface area contributed by atoms with Gasteiger partial charge in [-0.15, -0.1) is 0 Å². The molecule has 0 atom stereocenters. The SMILES string of the molecule is c1ccc(N2c3cccc4c3B3c5c(cccc5Sc5cccc2c53)S4)cc1. The van der Waals surface area contributed by atoms with Crippen LogP contribution >= 0.6 is 23.5 Å². The summed E-state index contributed by atoms with van der Waals surface area (Å²) in [6, 6.07) is 31.1. The molecule has 0 bridgehead atoms. The predicted molar refractivity (Wildman–Crippen MR) is 120 cm³/mol. The Morgan fingerprint density at radius 3 is 1.57 bits per heavy atom. The van der Waals surface area contributed by atoms with E-state index in [1.54, 1.807) is 0 Å². The molecule has 3 aliphatic heterocycles. The monoisotopic (exact) mass is 391 g/mol. The van der Waals surface area contributed by atoms with Crippen molar-refractivity contribution in [2.75, 3.05) is 4.90 Å². The molecule has 0 unspecified atom stereocenters. The Morgan fingerprint density at radius 1 is 0.500 bits per heavy atom. The van der Waals surface area contributed by atoms with Crippen molar-refractivity contribution in [1.82, 2.24) is 0 Å². The average molecular weight is 391 g/mol. The molecule has 3 heterocycles. The lowest BCUT2D eigenvalue weighted by molar-refractivity contribution is 1.24. The van der Waals surface area contributed by atoms with E-state index in [0.717, 1.165) is 0 Å². The molecule has 3 aliphatic rings. The van der Waals surface area contributed by atoms with Crippen LogP contribution in [0.1, 0.15) is 0 Å². The van der Waals surface area contributed by atoms with E-state index in [9.17, 15) is 0 Å². The number of para-hydroxylation sites is 1. The molecule has 0 aromatic heterocycles. The highest BCUT2D eigenvalue weighted by molar-refractivity contribution is 8.01. The van der Waals surface area contributed by atoms with Crippen LogP contribution in [0.25, 0.3) is 0 Å². The Morgan fingerprint density at radius 2 is 1.00 bits per heavy atom. The Hall–Kier alpha value is -2.56. The van der Waals surface area contributed by atoms with Crippen LogP contribution < -0.4 is 21.3 Å². The third-order valence-electron chi connectivity index (χ3n) is 5.91. The Balaban J connectivity index is 1.63. The number of hydrogen-bond acceptors (Lipinski definition) is 3. The van der Waals surface area contributed by atoms with Crippen molar-refractivity contribution in [2.45, 2.75) is 19.6 Å². The topological polar surface area (TPSA) is 3.24 Å². The summed E-state index contributed by atoms with van der Waals surface area (Å²) in [4.78, 5) is 8.05. The molecule has 130 valence electrons. The summed E-state index contributed by atoms with van der Waals surface area (Å²) in [5.74, 6) is 0. The Labute approximate surface area is 172 Å². The molecule has 7 rings (SSSR count). The molecule has 4 aromatic rings. The molecule has 1 nitrogen and oxygen atoms in total. The van der Waals surface area contributed by atoms with Gasteiger partial charge in [0.15, 0.2) is 0 Å². The second-order valence-electron chi connectivity index (χ2n) is 7.35. The molecule has 0 saturated carbocycles. The molecule has 0 radical (unpaired) electrons. The fourth-order valence-electron chi connectivity index (χ4n) is 4.85. The van der Waals surface area contributed by atoms with Crippen LogP contribution in [0.2, 0.25) is 0 Å². The van der Waals surface area contributed by atoms with Crippen molar-refractivity contribution in [2.24, 2.45) is 0 Å². The first kappa shape index (κ1) is 15.4. The first-order chi connectivity index (χ1) is 13.9. The van der Waals surface area contributed by atoms with Gasteiger partial charge in [0.2, 0.25) is 0 Å². The van der Waals surface area contributed by atoms with E-state index >= 15 is 0 Å². The molecule has 0 fully saturated rings. The smallest absolute Gasteiger partial charge is 0.252 e. The third kappa shape index (κ3) is 1.87. The van der Waals surface area contributed by atoms with Gasteiger partial charge in [0, 0.05) is 36.6 Å². The summed E-state index contributed by atoms with van der Waals surface area (Å²) < 4.78 is 0. The zero-order chi connectivity index (χ0) is 18.2. The maximum atomic E-state index is 2.45. The van der Waals surface area contributed by atoms with Gasteiger partial charge in [-0.25, -0.2) is 0 Å². The van der Waals surface area contributed by atoms with Crippen LogP contribution in [0.5, 0.6) is 0 Å². The lowest BCUT2D eigenvalue weighted by atomic mass is 9.34. The Bertz CT molecular complexity index is 1210. The maximum Gasteiger partial charge on any atom is 0.252 e. The van der Waals surface area contributed by atoms with E-state index in [1.807, 2.05) is 23.5 Å². The summed E-state index contributed by atoms with van der Waals surface area (Å²) in [6.07, 6.45) is 0. The van der Waals surface area contributed by atoms with Gasteiger partial charge in [-0.1, -0.05) is 59.9 Å². The molecule has 4 aromatic carbocycles.